The molecule has 1 atom stereocenters. The fourth-order valence-corrected chi connectivity index (χ4v) is 4.82. The van der Waals surface area contributed by atoms with Crippen LogP contribution in [0.25, 0.3) is 22.3 Å². The highest BCUT2D eigenvalue weighted by Gasteiger charge is 2.34. The van der Waals surface area contributed by atoms with Gasteiger partial charge in [-0.2, -0.15) is 0 Å². The second-order valence-corrected chi connectivity index (χ2v) is 11.1. The number of esters is 1. The van der Waals surface area contributed by atoms with E-state index in [1.807, 2.05) is 65.8 Å². The summed E-state index contributed by atoms with van der Waals surface area (Å²) in [5.74, 6) is -0.0320. The number of pyridine rings is 1. The van der Waals surface area contributed by atoms with Gasteiger partial charge in [0.2, 0.25) is 0 Å². The van der Waals surface area contributed by atoms with Crippen molar-refractivity contribution in [2.24, 2.45) is 0 Å². The summed E-state index contributed by atoms with van der Waals surface area (Å²) in [6, 6.07) is 22.3. The van der Waals surface area contributed by atoms with Crippen LogP contribution in [0.4, 0.5) is 4.39 Å². The van der Waals surface area contributed by atoms with Gasteiger partial charge in [-0.1, -0.05) is 54.1 Å². The summed E-state index contributed by atoms with van der Waals surface area (Å²) in [6.45, 7) is 14.1. The lowest BCUT2D eigenvalue weighted by Crippen LogP contribution is -2.30. The van der Waals surface area contributed by atoms with Crippen molar-refractivity contribution in [1.29, 1.82) is 0 Å². The fourth-order valence-electron chi connectivity index (χ4n) is 4.82. The third kappa shape index (κ3) is 7.39. The molecule has 0 bridgehead atoms. The van der Waals surface area contributed by atoms with Gasteiger partial charge < -0.3 is 14.2 Å². The lowest BCUT2D eigenvalue weighted by Gasteiger charge is -2.30. The van der Waals surface area contributed by atoms with Crippen LogP contribution >= 0.6 is 0 Å². The molecule has 0 N–H and O–H groups in total. The molecule has 214 valence electrons. The summed E-state index contributed by atoms with van der Waals surface area (Å²) in [5.41, 5.74) is 7.32. The van der Waals surface area contributed by atoms with Gasteiger partial charge in [0.25, 0.3) is 0 Å². The monoisotopic (exact) mass is 555 g/mol. The van der Waals surface area contributed by atoms with E-state index in [0.29, 0.717) is 23.6 Å². The van der Waals surface area contributed by atoms with Crippen molar-refractivity contribution in [1.82, 2.24) is 4.98 Å². The summed E-state index contributed by atoms with van der Waals surface area (Å²) < 4.78 is 31.1. The normalized spacial score (nSPS) is 12.2. The number of ether oxygens (including phenoxy) is 3. The SMILES string of the molecule is CCOC(=O)[C@@H](OC(C)(C)C)c1c(C)nc(C)c(-c2ccc(OCc3ccc(F)cc3)cc2)c1-c1ccc(C)cc1. The van der Waals surface area contributed by atoms with Gasteiger partial charge in [-0.25, -0.2) is 9.18 Å². The Morgan fingerprint density at radius 1 is 0.829 bits per heavy atom. The van der Waals surface area contributed by atoms with Crippen LogP contribution in [0.15, 0.2) is 72.8 Å². The first kappa shape index (κ1) is 29.9. The van der Waals surface area contributed by atoms with Gasteiger partial charge in [0, 0.05) is 22.5 Å². The van der Waals surface area contributed by atoms with Crippen LogP contribution in [0.5, 0.6) is 5.75 Å². The van der Waals surface area contributed by atoms with Gasteiger partial charge in [0.05, 0.1) is 12.2 Å². The van der Waals surface area contributed by atoms with Gasteiger partial charge in [0.15, 0.2) is 6.10 Å². The molecule has 0 unspecified atom stereocenters. The molecule has 1 aromatic heterocycles. The number of nitrogens with zero attached hydrogens (tertiary/aromatic N) is 1. The highest BCUT2D eigenvalue weighted by Crippen LogP contribution is 2.43. The van der Waals surface area contributed by atoms with Gasteiger partial charge in [0.1, 0.15) is 18.2 Å². The Balaban J connectivity index is 1.84. The van der Waals surface area contributed by atoms with Crippen LogP contribution in [0.3, 0.4) is 0 Å². The van der Waals surface area contributed by atoms with Gasteiger partial charge >= 0.3 is 5.97 Å². The number of halogens is 1. The zero-order valence-corrected chi connectivity index (χ0v) is 24.9. The molecule has 0 amide bonds. The Kier molecular flexibility index (Phi) is 9.24. The molecule has 6 heteroatoms. The predicted octanol–water partition coefficient (Wildman–Crippen LogP) is 8.48. The van der Waals surface area contributed by atoms with E-state index in [-0.39, 0.29) is 12.4 Å². The maximum Gasteiger partial charge on any atom is 0.340 e. The molecule has 4 rings (SSSR count). The number of hydrogen-bond donors (Lipinski definition) is 0. The van der Waals surface area contributed by atoms with Crippen molar-refractivity contribution < 1.29 is 23.4 Å². The topological polar surface area (TPSA) is 57.7 Å². The molecule has 5 nitrogen and oxygen atoms in total. The summed E-state index contributed by atoms with van der Waals surface area (Å²) in [5, 5.41) is 0. The van der Waals surface area contributed by atoms with Crippen LogP contribution in [0.1, 0.15) is 61.9 Å². The number of carbonyl (C=O) groups is 1. The number of benzene rings is 3. The molecule has 3 aromatic carbocycles. The van der Waals surface area contributed by atoms with Gasteiger partial charge in [-0.3, -0.25) is 4.98 Å². The van der Waals surface area contributed by atoms with Gasteiger partial charge in [-0.15, -0.1) is 0 Å². The average molecular weight is 556 g/mol. The minimum absolute atomic E-state index is 0.243. The Hall–Kier alpha value is -4.03. The number of rotatable bonds is 9. The molecule has 0 aliphatic rings. The fraction of sp³-hybridized carbons (Fsp3) is 0.314. The van der Waals surface area contributed by atoms with E-state index in [0.717, 1.165) is 39.1 Å². The summed E-state index contributed by atoms with van der Waals surface area (Å²) in [4.78, 5) is 18.3. The minimum atomic E-state index is -0.962. The van der Waals surface area contributed by atoms with E-state index >= 15 is 0 Å². The standard InChI is InChI=1S/C35H38FNO4/c1-8-39-34(38)33(41-35(5,6)7)31-24(4)37-23(3)30(32(31)27-13-9-22(2)10-14-27)26-15-19-29(20-16-26)40-21-25-11-17-28(36)18-12-25/h9-20,33H,8,21H2,1-7H3/t33-/m0/s1. The molecule has 0 aliphatic heterocycles. The Morgan fingerprint density at radius 2 is 1.41 bits per heavy atom. The molecule has 0 saturated heterocycles. The first-order valence-electron chi connectivity index (χ1n) is 13.9. The van der Waals surface area contributed by atoms with E-state index in [9.17, 15) is 9.18 Å². The van der Waals surface area contributed by atoms with Crippen molar-refractivity contribution in [3.05, 3.63) is 107 Å². The lowest BCUT2D eigenvalue weighted by atomic mass is 9.86. The van der Waals surface area contributed by atoms with Crippen LogP contribution in [0.2, 0.25) is 0 Å². The lowest BCUT2D eigenvalue weighted by molar-refractivity contribution is -0.166. The molecule has 0 fully saturated rings. The van der Waals surface area contributed by atoms with E-state index in [1.165, 1.54) is 12.1 Å². The molecular weight excluding hydrogens is 517 g/mol. The molecule has 0 spiro atoms. The molecular formula is C35H38FNO4. The number of carbonyl (C=O) groups excluding carboxylic acids is 1. The van der Waals surface area contributed by atoms with E-state index in [1.54, 1.807) is 19.1 Å². The van der Waals surface area contributed by atoms with Crippen molar-refractivity contribution >= 4 is 5.97 Å². The van der Waals surface area contributed by atoms with Crippen molar-refractivity contribution in [2.45, 2.75) is 66.8 Å². The predicted molar refractivity (Wildman–Crippen MR) is 160 cm³/mol. The van der Waals surface area contributed by atoms with E-state index in [2.05, 4.69) is 24.3 Å². The van der Waals surface area contributed by atoms with Crippen molar-refractivity contribution in [3.63, 3.8) is 0 Å². The number of aryl methyl sites for hydroxylation is 3. The Bertz CT molecular complexity index is 1490. The number of hydrogen-bond acceptors (Lipinski definition) is 5. The van der Waals surface area contributed by atoms with Crippen LogP contribution < -0.4 is 4.74 Å². The smallest absolute Gasteiger partial charge is 0.340 e. The molecule has 0 saturated carbocycles. The maximum absolute atomic E-state index is 13.4. The van der Waals surface area contributed by atoms with Crippen LogP contribution in [-0.4, -0.2) is 23.2 Å². The highest BCUT2D eigenvalue weighted by molar-refractivity contribution is 5.91. The first-order valence-corrected chi connectivity index (χ1v) is 13.9. The van der Waals surface area contributed by atoms with E-state index in [4.69, 9.17) is 19.2 Å². The number of aromatic nitrogens is 1. The molecule has 4 aromatic rings. The second-order valence-electron chi connectivity index (χ2n) is 11.1. The largest absolute Gasteiger partial charge is 0.489 e. The van der Waals surface area contributed by atoms with Crippen molar-refractivity contribution in [2.75, 3.05) is 6.61 Å². The molecule has 0 radical (unpaired) electrons. The molecule has 41 heavy (non-hydrogen) atoms. The Morgan fingerprint density at radius 3 is 2.00 bits per heavy atom. The minimum Gasteiger partial charge on any atom is -0.489 e. The first-order chi connectivity index (χ1) is 19.5. The molecule has 1 heterocycles. The van der Waals surface area contributed by atoms with Gasteiger partial charge in [-0.05, 0) is 95.0 Å². The van der Waals surface area contributed by atoms with Crippen LogP contribution in [0, 0.1) is 26.6 Å². The third-order valence-corrected chi connectivity index (χ3v) is 6.64. The summed E-state index contributed by atoms with van der Waals surface area (Å²) >= 11 is 0. The van der Waals surface area contributed by atoms with E-state index < -0.39 is 17.7 Å². The summed E-state index contributed by atoms with van der Waals surface area (Å²) in [7, 11) is 0. The van der Waals surface area contributed by atoms with Crippen LogP contribution in [-0.2, 0) is 20.9 Å². The third-order valence-electron chi connectivity index (χ3n) is 6.64. The zero-order valence-electron chi connectivity index (χ0n) is 24.9. The zero-order chi connectivity index (χ0) is 29.7. The average Bonchev–Trinajstić information content (AvgIpc) is 2.92. The van der Waals surface area contributed by atoms with Crippen molar-refractivity contribution in [3.8, 4) is 28.0 Å². The Labute approximate surface area is 242 Å². The second kappa shape index (κ2) is 12.6. The highest BCUT2D eigenvalue weighted by atomic mass is 19.1. The summed E-state index contributed by atoms with van der Waals surface area (Å²) in [6.07, 6.45) is -0.962. The molecule has 0 aliphatic carbocycles. The maximum atomic E-state index is 13.4. The quantitative estimate of drug-likeness (QED) is 0.194.